The molecule has 0 unspecified atom stereocenters. The van der Waals surface area contributed by atoms with Gasteiger partial charge in [-0.2, -0.15) is 0 Å². The molecule has 0 spiro atoms. The Bertz CT molecular complexity index is 300. The van der Waals surface area contributed by atoms with Gasteiger partial charge in [-0.05, 0) is 58.0 Å². The largest absolute Gasteiger partial charge is 0.389 e. The third kappa shape index (κ3) is 6.77. The number of nitrogens with one attached hydrogen (secondary N) is 1. The van der Waals surface area contributed by atoms with Gasteiger partial charge in [-0.25, -0.2) is 0 Å². The van der Waals surface area contributed by atoms with E-state index < -0.39 is 0 Å². The van der Waals surface area contributed by atoms with Crippen LogP contribution in [0.1, 0.15) is 33.1 Å². The molecule has 0 amide bonds. The van der Waals surface area contributed by atoms with Crippen molar-refractivity contribution in [3.8, 4) is 0 Å². The third-order valence-electron chi connectivity index (χ3n) is 3.17. The van der Waals surface area contributed by atoms with Gasteiger partial charge in [-0.1, -0.05) is 18.0 Å². The van der Waals surface area contributed by atoms with Gasteiger partial charge >= 0.3 is 0 Å². The second kappa shape index (κ2) is 9.11. The summed E-state index contributed by atoms with van der Waals surface area (Å²) in [5.74, 6) is 0.589. The summed E-state index contributed by atoms with van der Waals surface area (Å²) in [5, 5.41) is 3.09. The number of nitrogens with two attached hydrogens (primary N) is 2. The van der Waals surface area contributed by atoms with Crippen LogP contribution in [0.4, 0.5) is 0 Å². The molecular formula is C13H27ClN4. The molecule has 1 heterocycles. The molecule has 1 aliphatic rings. The Morgan fingerprint density at radius 3 is 1.83 bits per heavy atom. The van der Waals surface area contributed by atoms with E-state index in [9.17, 15) is 0 Å². The van der Waals surface area contributed by atoms with Crippen molar-refractivity contribution < 1.29 is 0 Å². The highest BCUT2D eigenvalue weighted by Crippen LogP contribution is 2.13. The van der Waals surface area contributed by atoms with Gasteiger partial charge in [0.25, 0.3) is 0 Å². The van der Waals surface area contributed by atoms with Crippen LogP contribution in [-0.2, 0) is 0 Å². The molecule has 1 rings (SSSR count). The molecule has 0 atom stereocenters. The van der Waals surface area contributed by atoms with Crippen molar-refractivity contribution in [1.82, 2.24) is 10.2 Å². The fraction of sp³-hybridized carbons (Fsp3) is 0.692. The Hall–Kier alpha value is -0.870. The van der Waals surface area contributed by atoms with E-state index in [1.807, 2.05) is 13.8 Å². The monoisotopic (exact) mass is 274 g/mol. The number of allylic oxidation sites excluding steroid dienone is 2. The molecule has 1 fully saturated rings. The summed E-state index contributed by atoms with van der Waals surface area (Å²) in [6, 6.07) is 0. The van der Waals surface area contributed by atoms with Crippen molar-refractivity contribution in [2.75, 3.05) is 27.2 Å². The van der Waals surface area contributed by atoms with Crippen LogP contribution < -0.4 is 16.8 Å². The summed E-state index contributed by atoms with van der Waals surface area (Å²) in [5.41, 5.74) is 12.6. The molecule has 5 N–H and O–H groups in total. The zero-order valence-electron chi connectivity index (χ0n) is 12.0. The summed E-state index contributed by atoms with van der Waals surface area (Å²) >= 11 is 5.56. The number of nitrogens with zero attached hydrogens (tertiary/aromatic N) is 1. The predicted molar refractivity (Wildman–Crippen MR) is 80.0 cm³/mol. The first kappa shape index (κ1) is 17.1. The Labute approximate surface area is 116 Å². The van der Waals surface area contributed by atoms with E-state index in [1.165, 1.54) is 32.4 Å². The van der Waals surface area contributed by atoms with Gasteiger partial charge in [-0.15, -0.1) is 0 Å². The van der Waals surface area contributed by atoms with Crippen LogP contribution in [-0.4, -0.2) is 32.1 Å². The second-order valence-electron chi connectivity index (χ2n) is 4.63. The quantitative estimate of drug-likeness (QED) is 0.532. The van der Waals surface area contributed by atoms with Crippen LogP contribution in [0.15, 0.2) is 22.1 Å². The third-order valence-corrected chi connectivity index (χ3v) is 3.46. The Balaban J connectivity index is 0.000000351. The van der Waals surface area contributed by atoms with Gasteiger partial charge in [0.15, 0.2) is 0 Å². The van der Waals surface area contributed by atoms with Crippen LogP contribution in [0.25, 0.3) is 0 Å². The number of halogens is 1. The first-order chi connectivity index (χ1) is 8.40. The summed E-state index contributed by atoms with van der Waals surface area (Å²) < 4.78 is 0. The van der Waals surface area contributed by atoms with Gasteiger partial charge in [0.1, 0.15) is 5.16 Å². The fourth-order valence-electron chi connectivity index (χ4n) is 1.62. The van der Waals surface area contributed by atoms with Gasteiger partial charge < -0.3 is 21.7 Å². The number of hydrogen-bond donors (Lipinski definition) is 3. The molecule has 4 nitrogen and oxygen atoms in total. The van der Waals surface area contributed by atoms with Gasteiger partial charge in [0.05, 0.1) is 5.82 Å². The zero-order valence-corrected chi connectivity index (χ0v) is 12.8. The predicted octanol–water partition coefficient (Wildman–Crippen LogP) is 1.93. The molecule has 5 heteroatoms. The van der Waals surface area contributed by atoms with E-state index in [0.717, 1.165) is 11.1 Å². The maximum atomic E-state index is 5.58. The highest BCUT2D eigenvalue weighted by molar-refractivity contribution is 6.29. The van der Waals surface area contributed by atoms with Crippen molar-refractivity contribution in [2.45, 2.75) is 33.1 Å². The molecule has 0 bridgehead atoms. The lowest BCUT2D eigenvalue weighted by Crippen LogP contribution is -2.24. The van der Waals surface area contributed by atoms with E-state index >= 15 is 0 Å². The number of hydrogen-bond acceptors (Lipinski definition) is 4. The minimum atomic E-state index is 0.278. The smallest absolute Gasteiger partial charge is 0.102 e. The van der Waals surface area contributed by atoms with Crippen LogP contribution in [0.2, 0.25) is 0 Å². The standard InChI is InChI=1S/C7H14ClN3.C6H13N/c1-4(6(8)9)5(2)7(10)11-3;1-7-5-3-2-4-6-7/h11H,9-10H2,1-3H3;2-6H2,1H3/b6-4-,7-5+;. The lowest BCUT2D eigenvalue weighted by atomic mass is 10.1. The molecule has 106 valence electrons. The van der Waals surface area contributed by atoms with Gasteiger partial charge in [0.2, 0.25) is 0 Å². The maximum absolute atomic E-state index is 5.58. The van der Waals surface area contributed by atoms with Crippen LogP contribution in [0.5, 0.6) is 0 Å². The molecule has 1 aliphatic heterocycles. The minimum Gasteiger partial charge on any atom is -0.389 e. The Kier molecular flexibility index (Phi) is 8.67. The minimum absolute atomic E-state index is 0.278. The highest BCUT2D eigenvalue weighted by Gasteiger charge is 2.02. The zero-order chi connectivity index (χ0) is 14.1. The first-order valence-electron chi connectivity index (χ1n) is 6.35. The highest BCUT2D eigenvalue weighted by atomic mass is 35.5. The van der Waals surface area contributed by atoms with Crippen molar-refractivity contribution in [2.24, 2.45) is 11.5 Å². The Morgan fingerprint density at radius 2 is 1.56 bits per heavy atom. The van der Waals surface area contributed by atoms with E-state index in [1.54, 1.807) is 7.05 Å². The van der Waals surface area contributed by atoms with Gasteiger partial charge in [-0.3, -0.25) is 0 Å². The number of rotatable bonds is 2. The summed E-state index contributed by atoms with van der Waals surface area (Å²) in [7, 11) is 3.94. The molecule has 1 saturated heterocycles. The van der Waals surface area contributed by atoms with E-state index in [2.05, 4.69) is 17.3 Å². The number of likely N-dealkylation sites (tertiary alicyclic amines) is 1. The second-order valence-corrected chi connectivity index (χ2v) is 5.03. The molecule has 0 radical (unpaired) electrons. The number of piperidine rings is 1. The first-order valence-corrected chi connectivity index (χ1v) is 6.72. The summed E-state index contributed by atoms with van der Waals surface area (Å²) in [6.45, 7) is 6.32. The van der Waals surface area contributed by atoms with E-state index in [-0.39, 0.29) is 5.16 Å². The van der Waals surface area contributed by atoms with Crippen LogP contribution in [0, 0.1) is 0 Å². The molecule has 0 aliphatic carbocycles. The van der Waals surface area contributed by atoms with Crippen molar-refractivity contribution in [3.05, 3.63) is 22.1 Å². The summed E-state index contributed by atoms with van der Waals surface area (Å²) in [4.78, 5) is 2.39. The van der Waals surface area contributed by atoms with E-state index in [4.69, 9.17) is 23.1 Å². The Morgan fingerprint density at radius 1 is 1.06 bits per heavy atom. The normalized spacial score (nSPS) is 19.2. The van der Waals surface area contributed by atoms with Crippen molar-refractivity contribution in [1.29, 1.82) is 0 Å². The average Bonchev–Trinajstić information content (AvgIpc) is 2.37. The average molecular weight is 275 g/mol. The van der Waals surface area contributed by atoms with Crippen LogP contribution in [0.3, 0.4) is 0 Å². The van der Waals surface area contributed by atoms with Crippen molar-refractivity contribution in [3.63, 3.8) is 0 Å². The SMILES string of the molecule is CN/C(N)=C(C)/C(C)=C(\N)Cl.CN1CCCCC1. The fourth-order valence-corrected chi connectivity index (χ4v) is 1.76. The molecule has 18 heavy (non-hydrogen) atoms. The molecule has 0 saturated carbocycles. The molecule has 0 aromatic rings. The summed E-state index contributed by atoms with van der Waals surface area (Å²) in [6.07, 6.45) is 4.28. The molecular weight excluding hydrogens is 248 g/mol. The molecule has 0 aromatic heterocycles. The van der Waals surface area contributed by atoms with E-state index in [0.29, 0.717) is 5.82 Å². The van der Waals surface area contributed by atoms with Crippen LogP contribution >= 0.6 is 11.6 Å². The maximum Gasteiger partial charge on any atom is 0.102 e. The lowest BCUT2D eigenvalue weighted by molar-refractivity contribution is 0.277. The topological polar surface area (TPSA) is 67.3 Å². The van der Waals surface area contributed by atoms with Crippen molar-refractivity contribution >= 4 is 11.6 Å². The lowest BCUT2D eigenvalue weighted by Gasteiger charge is -2.20. The molecule has 0 aromatic carbocycles. The van der Waals surface area contributed by atoms with Gasteiger partial charge in [0, 0.05) is 7.05 Å².